The minimum Gasteiger partial charge on any atom is -0.619 e. The SMILES string of the molecule is CC(C)OC(=O)C(N)c1ccc[n+]([O-])c1. The number of aromatic nitrogens is 1. The van der Waals surface area contributed by atoms with Gasteiger partial charge in [0.05, 0.1) is 6.10 Å². The molecule has 1 atom stereocenters. The molecule has 0 saturated carbocycles. The molecule has 82 valence electrons. The van der Waals surface area contributed by atoms with Gasteiger partial charge in [0.25, 0.3) is 0 Å². The number of hydrogen-bond acceptors (Lipinski definition) is 4. The zero-order valence-electron chi connectivity index (χ0n) is 8.71. The van der Waals surface area contributed by atoms with Crippen molar-refractivity contribution in [3.05, 3.63) is 35.3 Å². The summed E-state index contributed by atoms with van der Waals surface area (Å²) in [5.41, 5.74) is 6.07. The van der Waals surface area contributed by atoms with Crippen molar-refractivity contribution < 1.29 is 14.3 Å². The summed E-state index contributed by atoms with van der Waals surface area (Å²) in [5, 5.41) is 10.9. The highest BCUT2D eigenvalue weighted by Gasteiger charge is 2.20. The first-order chi connectivity index (χ1) is 7.00. The van der Waals surface area contributed by atoms with Crippen molar-refractivity contribution in [3.63, 3.8) is 0 Å². The second kappa shape index (κ2) is 4.75. The molecule has 0 aliphatic carbocycles. The smallest absolute Gasteiger partial charge is 0.328 e. The highest BCUT2D eigenvalue weighted by Crippen LogP contribution is 2.10. The number of esters is 1. The lowest BCUT2D eigenvalue weighted by atomic mass is 10.1. The first-order valence-electron chi connectivity index (χ1n) is 4.65. The van der Waals surface area contributed by atoms with Gasteiger partial charge in [-0.15, -0.1) is 0 Å². The maximum absolute atomic E-state index is 11.4. The van der Waals surface area contributed by atoms with E-state index in [0.29, 0.717) is 10.3 Å². The first kappa shape index (κ1) is 11.5. The molecular weight excluding hydrogens is 196 g/mol. The second-order valence-electron chi connectivity index (χ2n) is 3.46. The molecule has 15 heavy (non-hydrogen) atoms. The van der Waals surface area contributed by atoms with Gasteiger partial charge >= 0.3 is 5.97 Å². The van der Waals surface area contributed by atoms with Crippen LogP contribution < -0.4 is 10.5 Å². The summed E-state index contributed by atoms with van der Waals surface area (Å²) in [6.07, 6.45) is 2.36. The van der Waals surface area contributed by atoms with Gasteiger partial charge in [0.1, 0.15) is 6.04 Å². The molecule has 5 nitrogen and oxygen atoms in total. The molecule has 2 N–H and O–H groups in total. The molecule has 5 heteroatoms. The summed E-state index contributed by atoms with van der Waals surface area (Å²) in [6, 6.07) is 2.24. The van der Waals surface area contributed by atoms with E-state index in [2.05, 4.69) is 0 Å². The van der Waals surface area contributed by atoms with Crippen LogP contribution in [0.4, 0.5) is 0 Å². The average molecular weight is 210 g/mol. The molecule has 0 radical (unpaired) electrons. The average Bonchev–Trinajstić information content (AvgIpc) is 2.15. The third kappa shape index (κ3) is 3.21. The molecule has 1 rings (SSSR count). The number of hydrogen-bond donors (Lipinski definition) is 1. The van der Waals surface area contributed by atoms with Crippen molar-refractivity contribution in [3.8, 4) is 0 Å². The number of nitrogens with two attached hydrogens (primary N) is 1. The maximum Gasteiger partial charge on any atom is 0.328 e. The number of rotatable bonds is 3. The van der Waals surface area contributed by atoms with Crippen LogP contribution in [0.1, 0.15) is 25.5 Å². The van der Waals surface area contributed by atoms with Crippen LogP contribution in [0, 0.1) is 5.21 Å². The van der Waals surface area contributed by atoms with Crippen LogP contribution in [0.25, 0.3) is 0 Å². The zero-order chi connectivity index (χ0) is 11.4. The number of nitrogens with zero attached hydrogens (tertiary/aromatic N) is 1. The van der Waals surface area contributed by atoms with Crippen LogP contribution in [0.3, 0.4) is 0 Å². The van der Waals surface area contributed by atoms with Crippen LogP contribution in [-0.4, -0.2) is 12.1 Å². The normalized spacial score (nSPS) is 12.5. The van der Waals surface area contributed by atoms with E-state index in [1.54, 1.807) is 19.9 Å². The van der Waals surface area contributed by atoms with Crippen molar-refractivity contribution in [2.24, 2.45) is 5.73 Å². The third-order valence-corrected chi connectivity index (χ3v) is 1.76. The fourth-order valence-corrected chi connectivity index (χ4v) is 1.10. The molecule has 1 unspecified atom stereocenters. The van der Waals surface area contributed by atoms with Gasteiger partial charge < -0.3 is 15.7 Å². The molecule has 0 fully saturated rings. The monoisotopic (exact) mass is 210 g/mol. The Labute approximate surface area is 88.0 Å². The molecule has 0 amide bonds. The standard InChI is InChI=1S/C10H14N2O3/c1-7(2)15-10(13)9(11)8-4-3-5-12(14)6-8/h3-7,9H,11H2,1-2H3. The van der Waals surface area contributed by atoms with E-state index >= 15 is 0 Å². The Bertz CT molecular complexity index is 352. The molecule has 0 aromatic carbocycles. The van der Waals surface area contributed by atoms with Gasteiger partial charge in [0.2, 0.25) is 0 Å². The van der Waals surface area contributed by atoms with Gasteiger partial charge in [-0.2, -0.15) is 4.73 Å². The predicted octanol–water partition coefficient (Wildman–Crippen LogP) is 0.271. The largest absolute Gasteiger partial charge is 0.619 e. The van der Waals surface area contributed by atoms with Gasteiger partial charge in [0.15, 0.2) is 12.4 Å². The number of ether oxygens (including phenoxy) is 1. The van der Waals surface area contributed by atoms with Crippen molar-refractivity contribution >= 4 is 5.97 Å². The number of carbonyl (C=O) groups is 1. The lowest BCUT2D eigenvalue weighted by Gasteiger charge is -2.13. The van der Waals surface area contributed by atoms with Gasteiger partial charge in [-0.25, -0.2) is 4.79 Å². The Morgan fingerprint density at radius 3 is 2.80 bits per heavy atom. The Kier molecular flexibility index (Phi) is 3.62. The lowest BCUT2D eigenvalue weighted by Crippen LogP contribution is -2.31. The number of carbonyl (C=O) groups excluding carboxylic acids is 1. The van der Waals surface area contributed by atoms with Crippen molar-refractivity contribution in [1.82, 2.24) is 0 Å². The van der Waals surface area contributed by atoms with E-state index in [-0.39, 0.29) is 6.10 Å². The van der Waals surface area contributed by atoms with Crippen LogP contribution in [-0.2, 0) is 9.53 Å². The van der Waals surface area contributed by atoms with E-state index in [1.807, 2.05) is 0 Å². The van der Waals surface area contributed by atoms with Gasteiger partial charge in [-0.05, 0) is 19.9 Å². The fraction of sp³-hybridized carbons (Fsp3) is 0.400. The van der Waals surface area contributed by atoms with E-state index in [9.17, 15) is 10.0 Å². The first-order valence-corrected chi connectivity index (χ1v) is 4.65. The fourth-order valence-electron chi connectivity index (χ4n) is 1.10. The van der Waals surface area contributed by atoms with Crippen molar-refractivity contribution in [2.75, 3.05) is 0 Å². The Morgan fingerprint density at radius 2 is 2.27 bits per heavy atom. The summed E-state index contributed by atoms with van der Waals surface area (Å²) in [4.78, 5) is 11.4. The predicted molar refractivity (Wildman–Crippen MR) is 53.6 cm³/mol. The van der Waals surface area contributed by atoms with E-state index in [0.717, 1.165) is 0 Å². The van der Waals surface area contributed by atoms with E-state index in [1.165, 1.54) is 18.5 Å². The van der Waals surface area contributed by atoms with Gasteiger partial charge in [-0.1, -0.05) is 0 Å². The van der Waals surface area contributed by atoms with E-state index < -0.39 is 12.0 Å². The van der Waals surface area contributed by atoms with Crippen molar-refractivity contribution in [2.45, 2.75) is 26.0 Å². The molecule has 1 aromatic rings. The molecule has 1 aromatic heterocycles. The minimum absolute atomic E-state index is 0.216. The summed E-state index contributed by atoms with van der Waals surface area (Å²) >= 11 is 0. The van der Waals surface area contributed by atoms with Crippen LogP contribution in [0.2, 0.25) is 0 Å². The van der Waals surface area contributed by atoms with Crippen LogP contribution in [0.15, 0.2) is 24.5 Å². The minimum atomic E-state index is -0.909. The quantitative estimate of drug-likeness (QED) is 0.441. The lowest BCUT2D eigenvalue weighted by molar-refractivity contribution is -0.605. The third-order valence-electron chi connectivity index (χ3n) is 1.76. The van der Waals surface area contributed by atoms with Crippen LogP contribution in [0.5, 0.6) is 0 Å². The Balaban J connectivity index is 2.76. The molecule has 0 aliphatic heterocycles. The molecule has 0 saturated heterocycles. The topological polar surface area (TPSA) is 79.3 Å². The highest BCUT2D eigenvalue weighted by atomic mass is 16.5. The van der Waals surface area contributed by atoms with Crippen molar-refractivity contribution in [1.29, 1.82) is 0 Å². The zero-order valence-corrected chi connectivity index (χ0v) is 8.71. The molecular formula is C10H14N2O3. The Hall–Kier alpha value is -1.62. The van der Waals surface area contributed by atoms with Gasteiger partial charge in [-0.3, -0.25) is 0 Å². The second-order valence-corrected chi connectivity index (χ2v) is 3.46. The highest BCUT2D eigenvalue weighted by molar-refractivity contribution is 5.77. The summed E-state index contributed by atoms with van der Waals surface area (Å²) < 4.78 is 5.53. The summed E-state index contributed by atoms with van der Waals surface area (Å²) in [5.74, 6) is -0.531. The van der Waals surface area contributed by atoms with Crippen LogP contribution >= 0.6 is 0 Å². The van der Waals surface area contributed by atoms with E-state index in [4.69, 9.17) is 10.5 Å². The summed E-state index contributed by atoms with van der Waals surface area (Å²) in [7, 11) is 0. The maximum atomic E-state index is 11.4. The Morgan fingerprint density at radius 1 is 1.60 bits per heavy atom. The molecule has 0 spiro atoms. The molecule has 0 bridgehead atoms. The number of pyridine rings is 1. The summed E-state index contributed by atoms with van der Waals surface area (Å²) in [6.45, 7) is 3.48. The molecule has 1 heterocycles. The molecule has 0 aliphatic rings. The van der Waals surface area contributed by atoms with Gasteiger partial charge in [0, 0.05) is 11.6 Å².